The van der Waals surface area contributed by atoms with E-state index in [-0.39, 0.29) is 0 Å². The van der Waals surface area contributed by atoms with E-state index in [0.717, 1.165) is 52.2 Å². The molecular weight excluding hydrogens is 597 g/mol. The average Bonchev–Trinajstić information content (AvgIpc) is 3.59. The summed E-state index contributed by atoms with van der Waals surface area (Å²) in [6, 6.07) is 35.3. The molecule has 0 amide bonds. The van der Waals surface area contributed by atoms with Crippen molar-refractivity contribution in [2.75, 3.05) is 6.54 Å². The molecule has 0 spiro atoms. The van der Waals surface area contributed by atoms with Gasteiger partial charge in [-0.1, -0.05) is 103 Å². The second-order valence-corrected chi connectivity index (χ2v) is 13.0. The van der Waals surface area contributed by atoms with Crippen molar-refractivity contribution in [2.45, 2.75) is 26.7 Å². The van der Waals surface area contributed by atoms with Gasteiger partial charge in [-0.05, 0) is 85.0 Å². The van der Waals surface area contributed by atoms with Crippen LogP contribution < -0.4 is 5.73 Å². The lowest BCUT2D eigenvalue weighted by Crippen LogP contribution is -2.09. The van der Waals surface area contributed by atoms with Crippen LogP contribution in [-0.2, 0) is 0 Å². The Bertz CT molecular complexity index is 2750. The molecule has 4 nitrogen and oxygen atoms in total. The predicted octanol–water partition coefficient (Wildman–Crippen LogP) is 11.0. The van der Waals surface area contributed by atoms with Gasteiger partial charge in [-0.15, -0.1) is 0 Å². The van der Waals surface area contributed by atoms with Crippen molar-refractivity contribution < 1.29 is 0 Å². The van der Waals surface area contributed by atoms with E-state index in [0.29, 0.717) is 6.54 Å². The Morgan fingerprint density at radius 1 is 0.816 bits per heavy atom. The number of nitrogens with zero attached hydrogens (tertiary/aromatic N) is 3. The first kappa shape index (κ1) is 29.2. The van der Waals surface area contributed by atoms with Crippen molar-refractivity contribution >= 4 is 77.2 Å². The summed E-state index contributed by atoms with van der Waals surface area (Å²) in [4.78, 5) is 5.56. The van der Waals surface area contributed by atoms with Crippen LogP contribution in [0.5, 0.6) is 0 Å². The molecule has 1 aliphatic carbocycles. The molecule has 2 aromatic heterocycles. The molecule has 4 heteroatoms. The van der Waals surface area contributed by atoms with E-state index >= 15 is 0 Å². The minimum Gasteiger partial charge on any atom is -0.327 e. The van der Waals surface area contributed by atoms with Gasteiger partial charge in [-0.2, -0.15) is 0 Å². The van der Waals surface area contributed by atoms with Gasteiger partial charge in [0.25, 0.3) is 0 Å². The van der Waals surface area contributed by atoms with Crippen molar-refractivity contribution in [3.63, 3.8) is 0 Å². The number of hydrogen-bond donors (Lipinski definition) is 1. The number of allylic oxidation sites excluding steroid dienone is 8. The van der Waals surface area contributed by atoms with E-state index in [2.05, 4.69) is 150 Å². The summed E-state index contributed by atoms with van der Waals surface area (Å²) in [5.41, 5.74) is 21.0. The largest absolute Gasteiger partial charge is 0.327 e. The summed E-state index contributed by atoms with van der Waals surface area (Å²) in [6.45, 7) is 4.84. The summed E-state index contributed by atoms with van der Waals surface area (Å²) >= 11 is 0. The summed E-state index contributed by atoms with van der Waals surface area (Å²) in [5, 5.41) is 7.31. The Kier molecular flexibility index (Phi) is 6.94. The number of benzene rings is 5. The molecule has 2 aliphatic rings. The van der Waals surface area contributed by atoms with E-state index in [4.69, 9.17) is 10.7 Å². The van der Waals surface area contributed by atoms with Gasteiger partial charge in [0.2, 0.25) is 0 Å². The average molecular weight is 633 g/mol. The van der Waals surface area contributed by atoms with Gasteiger partial charge in [0.1, 0.15) is 0 Å². The van der Waals surface area contributed by atoms with E-state index in [9.17, 15) is 0 Å². The van der Waals surface area contributed by atoms with E-state index in [1.54, 1.807) is 0 Å². The number of rotatable bonds is 5. The molecule has 0 atom stereocenters. The highest BCUT2D eigenvalue weighted by Gasteiger charge is 2.24. The summed E-state index contributed by atoms with van der Waals surface area (Å²) in [5.74, 6) is 0.806. The zero-order valence-electron chi connectivity index (χ0n) is 27.7. The molecule has 2 N–H and O–H groups in total. The first-order chi connectivity index (χ1) is 24.1. The van der Waals surface area contributed by atoms with Crippen LogP contribution in [0.4, 0.5) is 0 Å². The fraction of sp³-hybridized carbons (Fsp3) is 0.111. The van der Waals surface area contributed by atoms with Gasteiger partial charge in [-0.3, -0.25) is 4.57 Å². The maximum absolute atomic E-state index is 5.78. The van der Waals surface area contributed by atoms with E-state index in [1.165, 1.54) is 54.5 Å². The zero-order valence-corrected chi connectivity index (χ0v) is 27.7. The van der Waals surface area contributed by atoms with Crippen LogP contribution in [0, 0.1) is 0 Å². The third-order valence-electron chi connectivity index (χ3n) is 10.0. The Hall–Kier alpha value is -5.93. The lowest BCUT2D eigenvalue weighted by atomic mass is 9.91. The molecular formula is C45H36N4. The lowest BCUT2D eigenvalue weighted by molar-refractivity contribution is 1.00. The van der Waals surface area contributed by atoms with Crippen molar-refractivity contribution in [2.24, 2.45) is 10.7 Å². The summed E-state index contributed by atoms with van der Waals surface area (Å²) in [6.07, 6.45) is 14.8. The topological polar surface area (TPSA) is 48.2 Å². The van der Waals surface area contributed by atoms with Crippen molar-refractivity contribution in [3.8, 4) is 0 Å². The number of hydrogen-bond acceptors (Lipinski definition) is 2. The Labute approximate surface area is 285 Å². The smallest absolute Gasteiger partial charge is 0.183 e. The van der Waals surface area contributed by atoms with Gasteiger partial charge in [0.05, 0.1) is 27.8 Å². The summed E-state index contributed by atoms with van der Waals surface area (Å²) in [7, 11) is 0. The second-order valence-electron chi connectivity index (χ2n) is 13.0. The van der Waals surface area contributed by atoms with Crippen LogP contribution in [-0.4, -0.2) is 21.4 Å². The number of aromatic nitrogens is 2. The molecule has 236 valence electrons. The number of nitrogens with two attached hydrogens (primary N) is 1. The first-order valence-electron chi connectivity index (χ1n) is 17.1. The van der Waals surface area contributed by atoms with Crippen molar-refractivity contribution in [3.05, 3.63) is 156 Å². The van der Waals surface area contributed by atoms with Gasteiger partial charge in [-0.25, -0.2) is 4.99 Å². The van der Waals surface area contributed by atoms with E-state index < -0.39 is 0 Å². The highest BCUT2D eigenvalue weighted by Crippen LogP contribution is 2.44. The third kappa shape index (κ3) is 4.61. The minimum atomic E-state index is 0.512. The Morgan fingerprint density at radius 3 is 2.37 bits per heavy atom. The lowest BCUT2D eigenvalue weighted by Gasteiger charge is -2.15. The molecule has 9 rings (SSSR count). The normalized spacial score (nSPS) is 15.3. The quantitative estimate of drug-likeness (QED) is 0.149. The molecule has 0 saturated carbocycles. The monoisotopic (exact) mass is 632 g/mol. The molecule has 49 heavy (non-hydrogen) atoms. The third-order valence-corrected chi connectivity index (χ3v) is 10.0. The fourth-order valence-corrected chi connectivity index (χ4v) is 7.82. The van der Waals surface area contributed by atoms with Gasteiger partial charge < -0.3 is 10.3 Å². The molecule has 5 aromatic carbocycles. The van der Waals surface area contributed by atoms with Crippen LogP contribution in [0.1, 0.15) is 37.8 Å². The van der Waals surface area contributed by atoms with Crippen LogP contribution in [0.2, 0.25) is 0 Å². The highest BCUT2D eigenvalue weighted by molar-refractivity contribution is 6.30. The fourth-order valence-electron chi connectivity index (χ4n) is 7.82. The molecule has 7 aromatic rings. The minimum absolute atomic E-state index is 0.512. The SMILES string of the molecule is CC1=C=C(n2c3cc4ccccc4cc3c3c4c5ccccc5n(/C(C)=C/C=C\CN)c4ccc32)N=C(C2=CC=CCC2)c2ccccc21. The molecule has 3 heterocycles. The molecule has 0 fully saturated rings. The molecule has 0 saturated heterocycles. The Morgan fingerprint density at radius 2 is 1.55 bits per heavy atom. The van der Waals surface area contributed by atoms with Gasteiger partial charge in [0.15, 0.2) is 5.82 Å². The van der Waals surface area contributed by atoms with Crippen LogP contribution in [0.15, 0.2) is 150 Å². The van der Waals surface area contributed by atoms with Crippen molar-refractivity contribution in [1.29, 1.82) is 0 Å². The van der Waals surface area contributed by atoms with Crippen LogP contribution in [0.25, 0.3) is 71.5 Å². The zero-order chi connectivity index (χ0) is 33.1. The number of aliphatic imine (C=N–C) groups is 1. The molecule has 1 aliphatic heterocycles. The Balaban J connectivity index is 1.45. The standard InChI is InChI=1S/C45H36N4/c1-29-26-42(47-45(31-15-4-3-5-16-31)35-20-9-8-19-34(29)35)49-40-24-23-39-43(44(40)37-27-32-17-6-7-18-33(32)28-41(37)49)36-21-10-11-22-38(36)48(39)30(2)14-12-13-25-46/h3-4,6-15,17-24,27-28H,5,16,25,46H2,1-2H3/b13-12-,30-14+. The highest BCUT2D eigenvalue weighted by atomic mass is 15.1. The molecule has 0 bridgehead atoms. The van der Waals surface area contributed by atoms with Gasteiger partial charge >= 0.3 is 0 Å². The maximum atomic E-state index is 5.78. The molecule has 0 radical (unpaired) electrons. The number of fused-ring (bicyclic) bond motifs is 9. The second kappa shape index (κ2) is 11.6. The number of para-hydroxylation sites is 1. The van der Waals surface area contributed by atoms with Crippen LogP contribution in [0.3, 0.4) is 0 Å². The van der Waals surface area contributed by atoms with E-state index in [1.807, 2.05) is 12.2 Å². The van der Waals surface area contributed by atoms with Crippen molar-refractivity contribution in [1.82, 2.24) is 9.13 Å². The maximum Gasteiger partial charge on any atom is 0.183 e. The summed E-state index contributed by atoms with van der Waals surface area (Å²) < 4.78 is 4.73. The first-order valence-corrected chi connectivity index (χ1v) is 17.1. The van der Waals surface area contributed by atoms with Crippen LogP contribution >= 0.6 is 0 Å². The predicted molar refractivity (Wildman–Crippen MR) is 210 cm³/mol. The van der Waals surface area contributed by atoms with Gasteiger partial charge in [0, 0.05) is 44.9 Å². The molecule has 0 unspecified atom stereocenters.